The van der Waals surface area contributed by atoms with E-state index in [0.29, 0.717) is 28.8 Å². The Labute approximate surface area is 178 Å². The maximum absolute atomic E-state index is 13.0. The molecule has 0 aliphatic rings. The van der Waals surface area contributed by atoms with Crippen molar-refractivity contribution < 1.29 is 14.3 Å². The summed E-state index contributed by atoms with van der Waals surface area (Å²) in [6.45, 7) is 1.98. The van der Waals surface area contributed by atoms with Gasteiger partial charge in [0.15, 0.2) is 10.8 Å². The summed E-state index contributed by atoms with van der Waals surface area (Å²) in [5.74, 6) is 1.08. The molecular formula is C22H22N4O3S. The van der Waals surface area contributed by atoms with Crippen LogP contribution in [0.15, 0.2) is 59.8 Å². The average molecular weight is 423 g/mol. The molecule has 4 aromatic rings. The fourth-order valence-corrected chi connectivity index (χ4v) is 4.23. The maximum atomic E-state index is 13.0. The number of anilines is 1. The summed E-state index contributed by atoms with van der Waals surface area (Å²) < 4.78 is 12.6. The summed E-state index contributed by atoms with van der Waals surface area (Å²) in [6, 6.07) is 17.3. The van der Waals surface area contributed by atoms with Crippen molar-refractivity contribution in [3.05, 3.63) is 54.6 Å². The van der Waals surface area contributed by atoms with Crippen LogP contribution in [-0.4, -0.2) is 40.0 Å². The van der Waals surface area contributed by atoms with E-state index < -0.39 is 0 Å². The van der Waals surface area contributed by atoms with E-state index >= 15 is 0 Å². The van der Waals surface area contributed by atoms with Gasteiger partial charge in [0.2, 0.25) is 5.91 Å². The molecule has 1 unspecified atom stereocenters. The van der Waals surface area contributed by atoms with Crippen LogP contribution in [0.1, 0.15) is 13.3 Å². The first-order valence-electron chi connectivity index (χ1n) is 9.57. The predicted molar refractivity (Wildman–Crippen MR) is 119 cm³/mol. The lowest BCUT2D eigenvalue weighted by Crippen LogP contribution is -2.25. The van der Waals surface area contributed by atoms with Gasteiger partial charge in [-0.25, -0.2) is 0 Å². The molecule has 0 spiro atoms. The second-order valence-electron chi connectivity index (χ2n) is 6.64. The highest BCUT2D eigenvalue weighted by molar-refractivity contribution is 8.00. The number of hydrogen-bond acceptors (Lipinski definition) is 6. The molecule has 7 nitrogen and oxygen atoms in total. The minimum absolute atomic E-state index is 0.122. The van der Waals surface area contributed by atoms with E-state index in [1.54, 1.807) is 32.4 Å². The number of benzene rings is 2. The first-order chi connectivity index (χ1) is 14.6. The van der Waals surface area contributed by atoms with E-state index in [0.717, 1.165) is 16.6 Å². The first-order valence-corrected chi connectivity index (χ1v) is 10.4. The van der Waals surface area contributed by atoms with Crippen molar-refractivity contribution in [3.63, 3.8) is 0 Å². The number of rotatable bonds is 7. The fraction of sp³-hybridized carbons (Fsp3) is 0.227. The van der Waals surface area contributed by atoms with Gasteiger partial charge < -0.3 is 14.8 Å². The number of aromatic nitrogens is 3. The van der Waals surface area contributed by atoms with Gasteiger partial charge in [-0.15, -0.1) is 10.2 Å². The van der Waals surface area contributed by atoms with E-state index in [2.05, 4.69) is 15.5 Å². The molecule has 0 bridgehead atoms. The number of nitrogens with one attached hydrogen (secondary N) is 1. The van der Waals surface area contributed by atoms with Crippen LogP contribution in [0.5, 0.6) is 11.5 Å². The van der Waals surface area contributed by atoms with Gasteiger partial charge in [0.05, 0.1) is 30.7 Å². The predicted octanol–water partition coefficient (Wildman–Crippen LogP) is 4.41. The molecule has 154 valence electrons. The van der Waals surface area contributed by atoms with Crippen molar-refractivity contribution in [3.8, 4) is 11.5 Å². The molecule has 1 atom stereocenters. The van der Waals surface area contributed by atoms with Crippen molar-refractivity contribution >= 4 is 39.9 Å². The number of para-hydroxylation sites is 1. The molecule has 2 aromatic heterocycles. The number of thioether (sulfide) groups is 1. The van der Waals surface area contributed by atoms with Gasteiger partial charge in [-0.3, -0.25) is 9.20 Å². The van der Waals surface area contributed by atoms with E-state index in [-0.39, 0.29) is 11.2 Å². The lowest BCUT2D eigenvalue weighted by molar-refractivity contribution is -0.115. The highest BCUT2D eigenvalue weighted by atomic mass is 32.2. The number of carbonyl (C=O) groups excluding carboxylic acids is 1. The summed E-state index contributed by atoms with van der Waals surface area (Å²) in [7, 11) is 3.15. The van der Waals surface area contributed by atoms with Crippen LogP contribution in [0.4, 0.5) is 5.69 Å². The quantitative estimate of drug-likeness (QED) is 0.445. The smallest absolute Gasteiger partial charge is 0.238 e. The van der Waals surface area contributed by atoms with Gasteiger partial charge in [0.1, 0.15) is 11.5 Å². The molecule has 30 heavy (non-hydrogen) atoms. The Hall–Kier alpha value is -3.26. The molecule has 1 N–H and O–H groups in total. The zero-order valence-corrected chi connectivity index (χ0v) is 17.8. The van der Waals surface area contributed by atoms with Crippen molar-refractivity contribution in [2.24, 2.45) is 0 Å². The summed E-state index contributed by atoms with van der Waals surface area (Å²) in [5, 5.41) is 13.0. The van der Waals surface area contributed by atoms with Crippen LogP contribution in [0, 0.1) is 0 Å². The van der Waals surface area contributed by atoms with Crippen LogP contribution < -0.4 is 14.8 Å². The molecule has 1 amide bonds. The lowest BCUT2D eigenvalue weighted by atomic mass is 10.2. The Bertz CT molecular complexity index is 1210. The Kier molecular flexibility index (Phi) is 5.76. The number of hydrogen-bond donors (Lipinski definition) is 1. The number of nitrogens with zero attached hydrogens (tertiary/aromatic N) is 3. The van der Waals surface area contributed by atoms with Crippen molar-refractivity contribution in [2.45, 2.75) is 23.8 Å². The molecule has 4 rings (SSSR count). The molecule has 2 heterocycles. The molecule has 0 saturated carbocycles. The van der Waals surface area contributed by atoms with Gasteiger partial charge in [-0.1, -0.05) is 36.9 Å². The monoisotopic (exact) mass is 422 g/mol. The molecule has 0 radical (unpaired) electrons. The largest absolute Gasteiger partial charge is 0.497 e. The standard InChI is InChI=1S/C22H22N4O3S/c1-4-19(21(27)23-16-11-10-15(28-2)13-18(16)29-3)30-22-25-24-20-12-9-14-7-5-6-8-17(14)26(20)22/h5-13,19H,4H2,1-3H3,(H,23,27). The zero-order chi connectivity index (χ0) is 21.1. The Morgan fingerprint density at radius 2 is 1.93 bits per heavy atom. The molecular weight excluding hydrogens is 400 g/mol. The molecule has 0 fully saturated rings. The lowest BCUT2D eigenvalue weighted by Gasteiger charge is -2.16. The Morgan fingerprint density at radius 3 is 2.70 bits per heavy atom. The summed E-state index contributed by atoms with van der Waals surface area (Å²) in [4.78, 5) is 13.0. The molecule has 0 aliphatic heterocycles. The van der Waals surface area contributed by atoms with Crippen LogP contribution in [-0.2, 0) is 4.79 Å². The highest BCUT2D eigenvalue weighted by Crippen LogP contribution is 2.32. The summed E-state index contributed by atoms with van der Waals surface area (Å²) >= 11 is 1.40. The third-order valence-corrected chi connectivity index (χ3v) is 6.13. The van der Waals surface area contributed by atoms with Gasteiger partial charge in [-0.05, 0) is 42.1 Å². The normalized spacial score (nSPS) is 12.1. The van der Waals surface area contributed by atoms with Crippen LogP contribution in [0.3, 0.4) is 0 Å². The fourth-order valence-electron chi connectivity index (χ4n) is 3.25. The number of methoxy groups -OCH3 is 2. The third-order valence-electron chi connectivity index (χ3n) is 4.83. The van der Waals surface area contributed by atoms with Gasteiger partial charge in [0, 0.05) is 6.07 Å². The van der Waals surface area contributed by atoms with Crippen LogP contribution >= 0.6 is 11.8 Å². The van der Waals surface area contributed by atoms with E-state index in [9.17, 15) is 4.79 Å². The second-order valence-corrected chi connectivity index (χ2v) is 7.81. The number of ether oxygens (including phenoxy) is 2. The average Bonchev–Trinajstić information content (AvgIpc) is 3.20. The number of pyridine rings is 1. The van der Waals surface area contributed by atoms with Crippen LogP contribution in [0.25, 0.3) is 16.6 Å². The van der Waals surface area contributed by atoms with Gasteiger partial charge in [0.25, 0.3) is 0 Å². The highest BCUT2D eigenvalue weighted by Gasteiger charge is 2.23. The SMILES string of the molecule is CCC(Sc1nnc2ccc3ccccc3n12)C(=O)Nc1ccc(OC)cc1OC. The third kappa shape index (κ3) is 3.78. The minimum atomic E-state index is -0.344. The number of fused-ring (bicyclic) bond motifs is 3. The van der Waals surface area contributed by atoms with E-state index in [4.69, 9.17) is 9.47 Å². The molecule has 0 saturated heterocycles. The molecule has 8 heteroatoms. The van der Waals surface area contributed by atoms with Crippen LogP contribution in [0.2, 0.25) is 0 Å². The minimum Gasteiger partial charge on any atom is -0.497 e. The van der Waals surface area contributed by atoms with Gasteiger partial charge in [-0.2, -0.15) is 0 Å². The van der Waals surface area contributed by atoms with Crippen molar-refractivity contribution in [1.82, 2.24) is 14.6 Å². The maximum Gasteiger partial charge on any atom is 0.238 e. The van der Waals surface area contributed by atoms with Gasteiger partial charge >= 0.3 is 0 Å². The summed E-state index contributed by atoms with van der Waals surface area (Å²) in [5.41, 5.74) is 2.36. The first kappa shape index (κ1) is 20.0. The summed E-state index contributed by atoms with van der Waals surface area (Å²) in [6.07, 6.45) is 0.634. The van der Waals surface area contributed by atoms with E-state index in [1.807, 2.05) is 47.7 Å². The number of amides is 1. The zero-order valence-electron chi connectivity index (χ0n) is 17.0. The Balaban J connectivity index is 1.61. The molecule has 2 aromatic carbocycles. The van der Waals surface area contributed by atoms with Crippen molar-refractivity contribution in [1.29, 1.82) is 0 Å². The topological polar surface area (TPSA) is 77.8 Å². The van der Waals surface area contributed by atoms with E-state index in [1.165, 1.54) is 11.8 Å². The Morgan fingerprint density at radius 1 is 1.10 bits per heavy atom. The number of carbonyl (C=O) groups is 1. The second kappa shape index (κ2) is 8.62. The molecule has 0 aliphatic carbocycles. The van der Waals surface area contributed by atoms with Crippen molar-refractivity contribution in [2.75, 3.05) is 19.5 Å².